The van der Waals surface area contributed by atoms with Crippen LogP contribution in [0.15, 0.2) is 18.2 Å². The fraction of sp³-hybridized carbons (Fsp3) is 0.562. The van der Waals surface area contributed by atoms with Crippen LogP contribution in [0.4, 0.5) is 0 Å². The molecule has 2 aliphatic rings. The summed E-state index contributed by atoms with van der Waals surface area (Å²) in [4.78, 5) is 17.2. The van der Waals surface area contributed by atoms with E-state index in [1.165, 1.54) is 19.4 Å². The number of halogens is 2. The molecule has 1 aromatic rings. The van der Waals surface area contributed by atoms with E-state index < -0.39 is 0 Å². The summed E-state index contributed by atoms with van der Waals surface area (Å²) in [6.45, 7) is 2.94. The first-order valence-corrected chi connectivity index (χ1v) is 8.96. The van der Waals surface area contributed by atoms with Gasteiger partial charge in [-0.1, -0.05) is 11.6 Å². The Morgan fingerprint density at radius 2 is 2.14 bits per heavy atom. The van der Waals surface area contributed by atoms with Crippen LogP contribution in [0.5, 0.6) is 0 Å². The van der Waals surface area contributed by atoms with E-state index >= 15 is 0 Å². The minimum atomic E-state index is 0.125. The highest BCUT2D eigenvalue weighted by molar-refractivity contribution is 14.1. The molecule has 0 saturated carbocycles. The average Bonchev–Trinajstić information content (AvgIpc) is 2.49. The molecule has 0 N–H and O–H groups in total. The van der Waals surface area contributed by atoms with Crippen LogP contribution in [0, 0.1) is 9.49 Å². The van der Waals surface area contributed by atoms with Gasteiger partial charge in [-0.25, -0.2) is 0 Å². The molecule has 3 nitrogen and oxygen atoms in total. The second-order valence-corrected chi connectivity index (χ2v) is 7.69. The first-order chi connectivity index (χ1) is 10.1. The van der Waals surface area contributed by atoms with Gasteiger partial charge in [0.15, 0.2) is 0 Å². The highest BCUT2D eigenvalue weighted by atomic mass is 127. The van der Waals surface area contributed by atoms with Gasteiger partial charge in [-0.2, -0.15) is 0 Å². The van der Waals surface area contributed by atoms with Crippen LogP contribution >= 0.6 is 34.2 Å². The third-order valence-corrected chi connectivity index (χ3v) is 6.37. The Labute approximate surface area is 144 Å². The van der Waals surface area contributed by atoms with Crippen molar-refractivity contribution in [3.63, 3.8) is 0 Å². The molecule has 0 spiro atoms. The SMILES string of the molecule is CN1CCCC2CN(C(=O)c3ccc(I)c(Cl)c3)CCC21. The van der Waals surface area contributed by atoms with Crippen molar-refractivity contribution in [2.75, 3.05) is 26.7 Å². The molecule has 2 unspecified atom stereocenters. The summed E-state index contributed by atoms with van der Waals surface area (Å²) in [7, 11) is 2.22. The highest BCUT2D eigenvalue weighted by Gasteiger charge is 2.35. The van der Waals surface area contributed by atoms with Crippen molar-refractivity contribution < 1.29 is 4.79 Å². The van der Waals surface area contributed by atoms with Gasteiger partial charge in [-0.05, 0) is 79.6 Å². The Bertz CT molecular complexity index is 551. The van der Waals surface area contributed by atoms with Crippen LogP contribution in [-0.4, -0.2) is 48.4 Å². The first kappa shape index (κ1) is 15.6. The number of benzene rings is 1. The monoisotopic (exact) mass is 418 g/mol. The first-order valence-electron chi connectivity index (χ1n) is 7.51. The Morgan fingerprint density at radius 3 is 2.90 bits per heavy atom. The van der Waals surface area contributed by atoms with Crippen molar-refractivity contribution >= 4 is 40.1 Å². The molecule has 1 aromatic carbocycles. The van der Waals surface area contributed by atoms with Crippen molar-refractivity contribution in [3.8, 4) is 0 Å². The van der Waals surface area contributed by atoms with Gasteiger partial charge in [-0.15, -0.1) is 0 Å². The fourth-order valence-electron chi connectivity index (χ4n) is 3.65. The second kappa shape index (κ2) is 6.42. The summed E-state index contributed by atoms with van der Waals surface area (Å²) in [5.74, 6) is 0.751. The fourth-order valence-corrected chi connectivity index (χ4v) is 4.16. The number of likely N-dealkylation sites (tertiary alicyclic amines) is 2. The number of nitrogens with zero attached hydrogens (tertiary/aromatic N) is 2. The Balaban J connectivity index is 1.72. The topological polar surface area (TPSA) is 23.6 Å². The van der Waals surface area contributed by atoms with Crippen molar-refractivity contribution in [2.24, 2.45) is 5.92 Å². The van der Waals surface area contributed by atoms with Crippen molar-refractivity contribution in [1.82, 2.24) is 9.80 Å². The molecule has 0 radical (unpaired) electrons. The van der Waals surface area contributed by atoms with Crippen molar-refractivity contribution in [3.05, 3.63) is 32.4 Å². The summed E-state index contributed by atoms with van der Waals surface area (Å²) in [6, 6.07) is 6.25. The molecule has 3 rings (SSSR count). The predicted octanol–water partition coefficient (Wildman–Crippen LogP) is 3.50. The zero-order chi connectivity index (χ0) is 15.0. The van der Waals surface area contributed by atoms with Crippen LogP contribution in [-0.2, 0) is 0 Å². The van der Waals surface area contributed by atoms with Crippen LogP contribution < -0.4 is 0 Å². The molecular formula is C16H20ClIN2O. The Morgan fingerprint density at radius 1 is 1.33 bits per heavy atom. The summed E-state index contributed by atoms with van der Waals surface area (Å²) >= 11 is 8.32. The van der Waals surface area contributed by atoms with Crippen LogP contribution in [0.25, 0.3) is 0 Å². The van der Waals surface area contributed by atoms with Crippen molar-refractivity contribution in [1.29, 1.82) is 0 Å². The molecule has 0 bridgehead atoms. The lowest BCUT2D eigenvalue weighted by molar-refractivity contribution is 0.0317. The molecule has 2 aliphatic heterocycles. The van der Waals surface area contributed by atoms with Gasteiger partial charge in [0.05, 0.1) is 5.02 Å². The normalized spacial score (nSPS) is 26.5. The van der Waals surface area contributed by atoms with E-state index in [1.807, 2.05) is 17.0 Å². The molecule has 1 amide bonds. The smallest absolute Gasteiger partial charge is 0.253 e. The van der Waals surface area contributed by atoms with E-state index in [1.54, 1.807) is 6.07 Å². The quantitative estimate of drug-likeness (QED) is 0.652. The number of piperidine rings is 2. The third kappa shape index (κ3) is 3.22. The molecule has 114 valence electrons. The van der Waals surface area contributed by atoms with Gasteiger partial charge in [0.1, 0.15) is 0 Å². The molecule has 2 saturated heterocycles. The van der Waals surface area contributed by atoms with Crippen LogP contribution in [0.2, 0.25) is 5.02 Å². The molecule has 2 fully saturated rings. The van der Waals surface area contributed by atoms with E-state index in [-0.39, 0.29) is 5.91 Å². The zero-order valence-electron chi connectivity index (χ0n) is 12.2. The number of hydrogen-bond acceptors (Lipinski definition) is 2. The number of rotatable bonds is 1. The minimum absolute atomic E-state index is 0.125. The summed E-state index contributed by atoms with van der Waals surface area (Å²) in [5.41, 5.74) is 0.711. The summed E-state index contributed by atoms with van der Waals surface area (Å²) in [6.07, 6.45) is 3.58. The molecule has 0 aromatic heterocycles. The van der Waals surface area contributed by atoms with Gasteiger partial charge in [0.25, 0.3) is 5.91 Å². The van der Waals surface area contributed by atoms with E-state index in [4.69, 9.17) is 11.6 Å². The number of hydrogen-bond donors (Lipinski definition) is 0. The van der Waals surface area contributed by atoms with E-state index in [0.717, 1.165) is 23.1 Å². The largest absolute Gasteiger partial charge is 0.338 e. The highest BCUT2D eigenvalue weighted by Crippen LogP contribution is 2.30. The summed E-state index contributed by atoms with van der Waals surface area (Å²) < 4.78 is 0.985. The second-order valence-electron chi connectivity index (χ2n) is 6.12. The number of fused-ring (bicyclic) bond motifs is 1. The van der Waals surface area contributed by atoms with E-state index in [9.17, 15) is 4.79 Å². The predicted molar refractivity (Wildman–Crippen MR) is 93.8 cm³/mol. The maximum absolute atomic E-state index is 12.7. The van der Waals surface area contributed by atoms with Crippen molar-refractivity contribution in [2.45, 2.75) is 25.3 Å². The lowest BCUT2D eigenvalue weighted by atomic mass is 9.84. The van der Waals surface area contributed by atoms with E-state index in [2.05, 4.69) is 34.5 Å². The lowest BCUT2D eigenvalue weighted by Crippen LogP contribution is -2.53. The van der Waals surface area contributed by atoms with E-state index in [0.29, 0.717) is 22.5 Å². The molecular weight excluding hydrogens is 399 g/mol. The van der Waals surface area contributed by atoms with Crippen LogP contribution in [0.1, 0.15) is 29.6 Å². The van der Waals surface area contributed by atoms with Gasteiger partial charge < -0.3 is 9.80 Å². The number of carbonyl (C=O) groups excluding carboxylic acids is 1. The standard InChI is InChI=1S/C16H20ClIN2O/c1-19-7-2-3-12-10-20(8-6-15(12)19)16(21)11-4-5-14(18)13(17)9-11/h4-5,9,12,15H,2-3,6-8,10H2,1H3. The maximum Gasteiger partial charge on any atom is 0.253 e. The maximum atomic E-state index is 12.7. The van der Waals surface area contributed by atoms with Gasteiger partial charge in [0, 0.05) is 28.3 Å². The Hall–Kier alpha value is -0.330. The third-order valence-electron chi connectivity index (χ3n) is 4.80. The Kier molecular flexibility index (Phi) is 4.76. The molecule has 0 aliphatic carbocycles. The molecule has 21 heavy (non-hydrogen) atoms. The minimum Gasteiger partial charge on any atom is -0.338 e. The van der Waals surface area contributed by atoms with Gasteiger partial charge in [0.2, 0.25) is 0 Å². The van der Waals surface area contributed by atoms with Crippen LogP contribution in [0.3, 0.4) is 0 Å². The average molecular weight is 419 g/mol. The zero-order valence-corrected chi connectivity index (χ0v) is 15.1. The number of carbonyl (C=O) groups is 1. The van der Waals surface area contributed by atoms with Gasteiger partial charge >= 0.3 is 0 Å². The molecule has 2 atom stereocenters. The molecule has 2 heterocycles. The molecule has 5 heteroatoms. The lowest BCUT2D eigenvalue weighted by Gasteiger charge is -2.46. The van der Waals surface area contributed by atoms with Gasteiger partial charge in [-0.3, -0.25) is 4.79 Å². The number of amides is 1. The summed E-state index contributed by atoms with van der Waals surface area (Å²) in [5, 5.41) is 0.661.